The van der Waals surface area contributed by atoms with Crippen LogP contribution in [0.3, 0.4) is 0 Å². The van der Waals surface area contributed by atoms with Crippen LogP contribution >= 0.6 is 0 Å². The zero-order valence-corrected chi connectivity index (χ0v) is 10.3. The van der Waals surface area contributed by atoms with E-state index in [2.05, 4.69) is 10.3 Å². The van der Waals surface area contributed by atoms with Crippen molar-refractivity contribution < 1.29 is 9.90 Å². The summed E-state index contributed by atoms with van der Waals surface area (Å²) in [5, 5.41) is 11.6. The van der Waals surface area contributed by atoms with Crippen LogP contribution in [0.2, 0.25) is 0 Å². The molecule has 1 aromatic heterocycles. The van der Waals surface area contributed by atoms with Crippen molar-refractivity contribution in [3.63, 3.8) is 0 Å². The summed E-state index contributed by atoms with van der Waals surface area (Å²) in [4.78, 5) is 26.5. The summed E-state index contributed by atoms with van der Waals surface area (Å²) in [5.41, 5.74) is -0.123. The Morgan fingerprint density at radius 1 is 1.67 bits per heavy atom. The number of nitrogens with one attached hydrogen (secondary N) is 1. The Balaban J connectivity index is 2.02. The third kappa shape index (κ3) is 3.09. The van der Waals surface area contributed by atoms with E-state index in [-0.39, 0.29) is 18.0 Å². The fourth-order valence-corrected chi connectivity index (χ4v) is 1.81. The molecule has 0 spiro atoms. The average Bonchev–Trinajstić information content (AvgIpc) is 3.13. The summed E-state index contributed by atoms with van der Waals surface area (Å²) in [6.45, 7) is 1.85. The third-order valence-corrected chi connectivity index (χ3v) is 2.98. The maximum atomic E-state index is 12.0. The molecule has 1 aliphatic rings. The molecule has 0 saturated heterocycles. The van der Waals surface area contributed by atoms with E-state index in [4.69, 9.17) is 5.11 Å². The molecule has 0 aromatic carbocycles. The van der Waals surface area contributed by atoms with Gasteiger partial charge in [-0.1, -0.05) is 0 Å². The maximum absolute atomic E-state index is 12.0. The van der Waals surface area contributed by atoms with E-state index in [0.29, 0.717) is 18.3 Å². The van der Waals surface area contributed by atoms with Gasteiger partial charge in [-0.2, -0.15) is 0 Å². The summed E-state index contributed by atoms with van der Waals surface area (Å²) in [6.07, 6.45) is 5.93. The first kappa shape index (κ1) is 12.6. The van der Waals surface area contributed by atoms with Crippen LogP contribution in [0, 0.1) is 0 Å². The molecule has 0 radical (unpaired) electrons. The van der Waals surface area contributed by atoms with Gasteiger partial charge in [-0.15, -0.1) is 0 Å². The number of aromatic nitrogens is 2. The molecule has 2 N–H and O–H groups in total. The first-order valence-corrected chi connectivity index (χ1v) is 6.13. The fraction of sp³-hybridized carbons (Fsp3) is 0.583. The first-order chi connectivity index (χ1) is 8.58. The molecule has 0 bridgehead atoms. The molecule has 1 atom stereocenters. The van der Waals surface area contributed by atoms with Crippen molar-refractivity contribution in [2.24, 2.45) is 0 Å². The number of anilines is 1. The van der Waals surface area contributed by atoms with Crippen molar-refractivity contribution >= 4 is 11.8 Å². The van der Waals surface area contributed by atoms with Gasteiger partial charge < -0.3 is 15.0 Å². The highest BCUT2D eigenvalue weighted by Crippen LogP contribution is 2.33. The lowest BCUT2D eigenvalue weighted by Gasteiger charge is -2.13. The molecule has 98 valence electrons. The fourth-order valence-electron chi connectivity index (χ4n) is 1.81. The minimum Gasteiger partial charge on any atom is -0.481 e. The van der Waals surface area contributed by atoms with Crippen LogP contribution in [0.15, 0.2) is 17.2 Å². The van der Waals surface area contributed by atoms with Gasteiger partial charge in [0, 0.05) is 30.9 Å². The SMILES string of the molecule is CC(CCC(=O)O)Nc1nccn(C2CC2)c1=O. The molecular weight excluding hydrogens is 234 g/mol. The first-order valence-electron chi connectivity index (χ1n) is 6.13. The molecule has 6 nitrogen and oxygen atoms in total. The zero-order valence-electron chi connectivity index (χ0n) is 10.3. The van der Waals surface area contributed by atoms with Gasteiger partial charge in [0.15, 0.2) is 5.82 Å². The summed E-state index contributed by atoms with van der Waals surface area (Å²) in [5.74, 6) is -0.526. The minimum atomic E-state index is -0.833. The number of hydrogen-bond acceptors (Lipinski definition) is 4. The highest BCUT2D eigenvalue weighted by molar-refractivity contribution is 5.66. The van der Waals surface area contributed by atoms with Crippen LogP contribution in [0.4, 0.5) is 5.82 Å². The molecule has 0 aliphatic heterocycles. The Morgan fingerprint density at radius 3 is 3.00 bits per heavy atom. The Labute approximate surface area is 105 Å². The summed E-state index contributed by atoms with van der Waals surface area (Å²) in [6, 6.07) is 0.228. The number of carbonyl (C=O) groups is 1. The lowest BCUT2D eigenvalue weighted by atomic mass is 10.2. The molecule has 1 unspecified atom stereocenters. The lowest BCUT2D eigenvalue weighted by molar-refractivity contribution is -0.137. The molecule has 1 aromatic rings. The monoisotopic (exact) mass is 251 g/mol. The van der Waals surface area contributed by atoms with E-state index in [1.807, 2.05) is 6.92 Å². The van der Waals surface area contributed by atoms with Gasteiger partial charge in [0.2, 0.25) is 0 Å². The summed E-state index contributed by atoms with van der Waals surface area (Å²) < 4.78 is 1.69. The minimum absolute atomic E-state index is 0.0812. The third-order valence-electron chi connectivity index (χ3n) is 2.98. The second-order valence-corrected chi connectivity index (χ2v) is 4.70. The van der Waals surface area contributed by atoms with Crippen LogP contribution in [0.25, 0.3) is 0 Å². The molecule has 1 saturated carbocycles. The van der Waals surface area contributed by atoms with Gasteiger partial charge in [0.05, 0.1) is 0 Å². The molecule has 18 heavy (non-hydrogen) atoms. The van der Waals surface area contributed by atoms with E-state index in [0.717, 1.165) is 12.8 Å². The number of hydrogen-bond donors (Lipinski definition) is 2. The standard InChI is InChI=1S/C12H17N3O3/c1-8(2-5-10(16)17)14-11-12(18)15(7-6-13-11)9-3-4-9/h6-9H,2-5H2,1H3,(H,13,14)(H,16,17). The Kier molecular flexibility index (Phi) is 3.64. The summed E-state index contributed by atoms with van der Waals surface area (Å²) in [7, 11) is 0. The lowest BCUT2D eigenvalue weighted by Crippen LogP contribution is -2.27. The van der Waals surface area contributed by atoms with Crippen molar-refractivity contribution in [2.75, 3.05) is 5.32 Å². The van der Waals surface area contributed by atoms with E-state index in [1.54, 1.807) is 17.0 Å². The Morgan fingerprint density at radius 2 is 2.39 bits per heavy atom. The second-order valence-electron chi connectivity index (χ2n) is 4.70. The number of carboxylic acids is 1. The molecular formula is C12H17N3O3. The number of rotatable bonds is 6. The molecule has 6 heteroatoms. The molecule has 1 heterocycles. The molecule has 0 amide bonds. The highest BCUT2D eigenvalue weighted by atomic mass is 16.4. The second kappa shape index (κ2) is 5.20. The van der Waals surface area contributed by atoms with E-state index < -0.39 is 5.97 Å². The highest BCUT2D eigenvalue weighted by Gasteiger charge is 2.25. The number of aliphatic carboxylic acids is 1. The van der Waals surface area contributed by atoms with Gasteiger partial charge in [0.1, 0.15) is 0 Å². The van der Waals surface area contributed by atoms with Crippen molar-refractivity contribution in [1.29, 1.82) is 0 Å². The predicted octanol–water partition coefficient (Wildman–Crippen LogP) is 1.24. The normalized spacial score (nSPS) is 16.3. The van der Waals surface area contributed by atoms with Crippen LogP contribution in [0.1, 0.15) is 38.6 Å². The largest absolute Gasteiger partial charge is 0.481 e. The number of carboxylic acid groups (broad SMARTS) is 1. The van der Waals surface area contributed by atoms with E-state index in [9.17, 15) is 9.59 Å². The Bertz CT molecular complexity index is 494. The quantitative estimate of drug-likeness (QED) is 0.794. The van der Waals surface area contributed by atoms with Crippen LogP contribution in [-0.2, 0) is 4.79 Å². The molecule has 2 rings (SSSR count). The topological polar surface area (TPSA) is 84.2 Å². The van der Waals surface area contributed by atoms with Crippen LogP contribution in [0.5, 0.6) is 0 Å². The van der Waals surface area contributed by atoms with Crippen molar-refractivity contribution in [3.05, 3.63) is 22.7 Å². The average molecular weight is 251 g/mol. The zero-order chi connectivity index (χ0) is 13.1. The predicted molar refractivity (Wildman–Crippen MR) is 66.7 cm³/mol. The molecule has 1 aliphatic carbocycles. The van der Waals surface area contributed by atoms with Gasteiger partial charge >= 0.3 is 5.97 Å². The smallest absolute Gasteiger partial charge is 0.303 e. The van der Waals surface area contributed by atoms with E-state index in [1.165, 1.54) is 0 Å². The van der Waals surface area contributed by atoms with Crippen molar-refractivity contribution in [2.45, 2.75) is 44.7 Å². The summed E-state index contributed by atoms with van der Waals surface area (Å²) >= 11 is 0. The molecule has 1 fully saturated rings. The van der Waals surface area contributed by atoms with Crippen molar-refractivity contribution in [3.8, 4) is 0 Å². The van der Waals surface area contributed by atoms with Gasteiger partial charge in [-0.05, 0) is 26.2 Å². The van der Waals surface area contributed by atoms with Crippen LogP contribution < -0.4 is 10.9 Å². The Hall–Kier alpha value is -1.85. The van der Waals surface area contributed by atoms with Crippen LogP contribution in [-0.4, -0.2) is 26.7 Å². The van der Waals surface area contributed by atoms with Gasteiger partial charge in [-0.3, -0.25) is 9.59 Å². The van der Waals surface area contributed by atoms with Crippen molar-refractivity contribution in [1.82, 2.24) is 9.55 Å². The van der Waals surface area contributed by atoms with Gasteiger partial charge in [0.25, 0.3) is 5.56 Å². The van der Waals surface area contributed by atoms with E-state index >= 15 is 0 Å². The van der Waals surface area contributed by atoms with Gasteiger partial charge in [-0.25, -0.2) is 4.98 Å². The number of nitrogens with zero attached hydrogens (tertiary/aromatic N) is 2. The maximum Gasteiger partial charge on any atom is 0.303 e.